The number of carbonyl (C=O) groups is 3. The van der Waals surface area contributed by atoms with Crippen LogP contribution in [0.1, 0.15) is 21.5 Å². The highest BCUT2D eigenvalue weighted by atomic mass is 35.5. The molecule has 0 bridgehead atoms. The van der Waals surface area contributed by atoms with Crippen LogP contribution in [0.15, 0.2) is 47.6 Å². The standard InChI is InChI=1S/C18H15Cl2N3O4/c1-27-18(26)12-4-2-11(3-5-12)9-22-23-17(25)16(24)21-10-13-6-7-14(19)8-15(13)20/h2-9H,10H2,1H3,(H,21,24)(H,23,25)/b22-9-. The van der Waals surface area contributed by atoms with Gasteiger partial charge in [0.2, 0.25) is 0 Å². The molecule has 2 N–H and O–H groups in total. The predicted molar refractivity (Wildman–Crippen MR) is 102 cm³/mol. The first kappa shape index (κ1) is 20.4. The molecule has 2 aromatic carbocycles. The van der Waals surface area contributed by atoms with Gasteiger partial charge in [0.15, 0.2) is 0 Å². The lowest BCUT2D eigenvalue weighted by atomic mass is 10.1. The number of benzene rings is 2. The molecule has 2 aromatic rings. The van der Waals surface area contributed by atoms with E-state index in [9.17, 15) is 14.4 Å². The van der Waals surface area contributed by atoms with Gasteiger partial charge in [-0.3, -0.25) is 9.59 Å². The summed E-state index contributed by atoms with van der Waals surface area (Å²) in [5, 5.41) is 6.99. The number of hydrogen-bond acceptors (Lipinski definition) is 5. The van der Waals surface area contributed by atoms with Crippen molar-refractivity contribution in [1.82, 2.24) is 10.7 Å². The molecule has 0 saturated carbocycles. The summed E-state index contributed by atoms with van der Waals surface area (Å²) in [6.07, 6.45) is 1.34. The third kappa shape index (κ3) is 6.09. The number of amides is 2. The van der Waals surface area contributed by atoms with E-state index in [0.29, 0.717) is 26.7 Å². The summed E-state index contributed by atoms with van der Waals surface area (Å²) in [6.45, 7) is 0.0704. The van der Waals surface area contributed by atoms with Gasteiger partial charge in [-0.1, -0.05) is 41.4 Å². The first-order valence-electron chi connectivity index (χ1n) is 7.64. The average Bonchev–Trinajstić information content (AvgIpc) is 2.66. The highest BCUT2D eigenvalue weighted by Crippen LogP contribution is 2.20. The van der Waals surface area contributed by atoms with E-state index in [1.165, 1.54) is 13.3 Å². The number of esters is 1. The van der Waals surface area contributed by atoms with Crippen molar-refractivity contribution in [3.05, 3.63) is 69.2 Å². The summed E-state index contributed by atoms with van der Waals surface area (Å²) in [7, 11) is 1.29. The van der Waals surface area contributed by atoms with Gasteiger partial charge in [0, 0.05) is 16.6 Å². The lowest BCUT2D eigenvalue weighted by Gasteiger charge is -2.06. The van der Waals surface area contributed by atoms with Gasteiger partial charge in [0.05, 0.1) is 18.9 Å². The van der Waals surface area contributed by atoms with Crippen LogP contribution in [0, 0.1) is 0 Å². The first-order valence-corrected chi connectivity index (χ1v) is 8.40. The molecule has 0 heterocycles. The average molecular weight is 408 g/mol. The zero-order chi connectivity index (χ0) is 19.8. The van der Waals surface area contributed by atoms with Gasteiger partial charge < -0.3 is 10.1 Å². The summed E-state index contributed by atoms with van der Waals surface area (Å²) >= 11 is 11.8. The second-order valence-electron chi connectivity index (χ2n) is 5.23. The molecule has 0 radical (unpaired) electrons. The minimum atomic E-state index is -0.928. The fourth-order valence-corrected chi connectivity index (χ4v) is 2.44. The van der Waals surface area contributed by atoms with Crippen molar-refractivity contribution in [2.45, 2.75) is 6.54 Å². The summed E-state index contributed by atoms with van der Waals surface area (Å²) in [5.41, 5.74) is 3.74. The van der Waals surface area contributed by atoms with Crippen LogP contribution < -0.4 is 10.7 Å². The van der Waals surface area contributed by atoms with Gasteiger partial charge in [0.1, 0.15) is 0 Å². The fraction of sp³-hybridized carbons (Fsp3) is 0.111. The van der Waals surface area contributed by atoms with E-state index in [1.54, 1.807) is 42.5 Å². The number of methoxy groups -OCH3 is 1. The lowest BCUT2D eigenvalue weighted by molar-refractivity contribution is -0.139. The zero-order valence-electron chi connectivity index (χ0n) is 14.2. The molecule has 0 spiro atoms. The number of ether oxygens (including phenoxy) is 1. The lowest BCUT2D eigenvalue weighted by Crippen LogP contribution is -2.37. The van der Waals surface area contributed by atoms with Crippen LogP contribution in [0.3, 0.4) is 0 Å². The van der Waals surface area contributed by atoms with Crippen LogP contribution in [-0.2, 0) is 20.9 Å². The molecule has 2 amide bonds. The number of rotatable bonds is 5. The number of carbonyl (C=O) groups excluding carboxylic acids is 3. The molecule has 140 valence electrons. The number of hydrogen-bond donors (Lipinski definition) is 2. The predicted octanol–water partition coefficient (Wildman–Crippen LogP) is 2.55. The molecule has 0 aromatic heterocycles. The van der Waals surface area contributed by atoms with Crippen molar-refractivity contribution in [2.24, 2.45) is 5.10 Å². The number of halogens is 2. The Bertz CT molecular complexity index is 883. The summed E-state index contributed by atoms with van der Waals surface area (Å²) in [6, 6.07) is 11.2. The van der Waals surface area contributed by atoms with E-state index in [0.717, 1.165) is 0 Å². The maximum absolute atomic E-state index is 11.8. The Kier molecular flexibility index (Phi) is 7.34. The van der Waals surface area contributed by atoms with E-state index >= 15 is 0 Å². The molecule has 27 heavy (non-hydrogen) atoms. The van der Waals surface area contributed by atoms with Crippen molar-refractivity contribution < 1.29 is 19.1 Å². The van der Waals surface area contributed by atoms with Crippen molar-refractivity contribution in [1.29, 1.82) is 0 Å². The van der Waals surface area contributed by atoms with Gasteiger partial charge in [-0.05, 0) is 35.4 Å². The highest BCUT2D eigenvalue weighted by molar-refractivity contribution is 6.36. The molecule has 2 rings (SSSR count). The molecule has 0 aliphatic rings. The molecule has 0 atom stereocenters. The smallest absolute Gasteiger partial charge is 0.337 e. The molecular formula is C18H15Cl2N3O4. The summed E-state index contributed by atoms with van der Waals surface area (Å²) in [4.78, 5) is 34.8. The third-order valence-corrected chi connectivity index (χ3v) is 3.96. The maximum Gasteiger partial charge on any atom is 0.337 e. The third-order valence-electron chi connectivity index (χ3n) is 3.37. The van der Waals surface area contributed by atoms with Crippen molar-refractivity contribution in [2.75, 3.05) is 7.11 Å². The molecule has 0 fully saturated rings. The highest BCUT2D eigenvalue weighted by Gasteiger charge is 2.13. The molecule has 0 aliphatic carbocycles. The van der Waals surface area contributed by atoms with Gasteiger partial charge in [-0.15, -0.1) is 0 Å². The molecule has 0 aliphatic heterocycles. The summed E-state index contributed by atoms with van der Waals surface area (Å²) in [5.74, 6) is -2.24. The SMILES string of the molecule is COC(=O)c1ccc(/C=N\NC(=O)C(=O)NCc2ccc(Cl)cc2Cl)cc1. The van der Waals surface area contributed by atoms with Crippen LogP contribution in [0.4, 0.5) is 0 Å². The number of nitrogens with zero attached hydrogens (tertiary/aromatic N) is 1. The number of hydrazone groups is 1. The topological polar surface area (TPSA) is 96.9 Å². The quantitative estimate of drug-likeness (QED) is 0.344. The van der Waals surface area contributed by atoms with E-state index in [1.807, 2.05) is 0 Å². The van der Waals surface area contributed by atoms with Gasteiger partial charge in [0.25, 0.3) is 0 Å². The first-order chi connectivity index (χ1) is 12.9. The van der Waals surface area contributed by atoms with Crippen LogP contribution in [0.25, 0.3) is 0 Å². The summed E-state index contributed by atoms with van der Waals surface area (Å²) < 4.78 is 4.59. The van der Waals surface area contributed by atoms with Crippen molar-refractivity contribution in [3.63, 3.8) is 0 Å². The fourth-order valence-electron chi connectivity index (χ4n) is 1.96. The minimum absolute atomic E-state index is 0.0704. The molecular weight excluding hydrogens is 393 g/mol. The second kappa shape index (κ2) is 9.70. The van der Waals surface area contributed by atoms with Crippen LogP contribution >= 0.6 is 23.2 Å². The normalized spacial score (nSPS) is 10.5. The van der Waals surface area contributed by atoms with Crippen LogP contribution in [-0.4, -0.2) is 31.1 Å². The largest absolute Gasteiger partial charge is 0.465 e. The van der Waals surface area contributed by atoms with E-state index < -0.39 is 17.8 Å². The number of nitrogens with one attached hydrogen (secondary N) is 2. The molecule has 7 nitrogen and oxygen atoms in total. The van der Waals surface area contributed by atoms with E-state index in [4.69, 9.17) is 23.2 Å². The van der Waals surface area contributed by atoms with Crippen LogP contribution in [0.2, 0.25) is 10.0 Å². The Morgan fingerprint density at radius 2 is 1.78 bits per heavy atom. The maximum atomic E-state index is 11.8. The molecule has 9 heteroatoms. The molecule has 0 saturated heterocycles. The Hall–Kier alpha value is -2.90. The van der Waals surface area contributed by atoms with E-state index in [-0.39, 0.29) is 6.54 Å². The van der Waals surface area contributed by atoms with Crippen molar-refractivity contribution >= 4 is 47.2 Å². The van der Waals surface area contributed by atoms with Crippen molar-refractivity contribution in [3.8, 4) is 0 Å². The Labute approximate surface area is 165 Å². The minimum Gasteiger partial charge on any atom is -0.465 e. The van der Waals surface area contributed by atoms with Gasteiger partial charge in [-0.2, -0.15) is 5.10 Å². The van der Waals surface area contributed by atoms with Gasteiger partial charge in [-0.25, -0.2) is 10.2 Å². The Morgan fingerprint density at radius 3 is 2.41 bits per heavy atom. The second-order valence-corrected chi connectivity index (χ2v) is 6.07. The van der Waals surface area contributed by atoms with Gasteiger partial charge >= 0.3 is 17.8 Å². The van der Waals surface area contributed by atoms with E-state index in [2.05, 4.69) is 20.6 Å². The molecule has 0 unspecified atom stereocenters. The Balaban J connectivity index is 1.84. The monoisotopic (exact) mass is 407 g/mol. The van der Waals surface area contributed by atoms with Crippen LogP contribution in [0.5, 0.6) is 0 Å². The zero-order valence-corrected chi connectivity index (χ0v) is 15.7. The Morgan fingerprint density at radius 1 is 1.07 bits per heavy atom.